The van der Waals surface area contributed by atoms with Gasteiger partial charge < -0.3 is 10.4 Å². The fourth-order valence-corrected chi connectivity index (χ4v) is 1.43. The summed E-state index contributed by atoms with van der Waals surface area (Å²) in [6.07, 6.45) is -5.79. The summed E-state index contributed by atoms with van der Waals surface area (Å²) in [6.45, 7) is 4.43. The standard InChI is InChI=1S/C12H16F3N3O2/c1-6(2)10(19)11(20)16-5-9-17-7(3)4-8(18-9)12(13,14)15/h4,6,10,19H,5H2,1-3H3,(H,16,20)/t10-/m0/s1. The van der Waals surface area contributed by atoms with Gasteiger partial charge in [0.15, 0.2) is 0 Å². The zero-order valence-electron chi connectivity index (χ0n) is 11.3. The predicted molar refractivity (Wildman–Crippen MR) is 64.5 cm³/mol. The normalized spacial score (nSPS) is 13.4. The van der Waals surface area contributed by atoms with E-state index in [0.717, 1.165) is 6.07 Å². The van der Waals surface area contributed by atoms with Gasteiger partial charge in [-0.1, -0.05) is 13.8 Å². The predicted octanol–water partition coefficient (Wildman–Crippen LogP) is 1.44. The molecule has 0 aromatic carbocycles. The van der Waals surface area contributed by atoms with Crippen LogP contribution in [-0.4, -0.2) is 27.1 Å². The number of aryl methyl sites for hydroxylation is 1. The van der Waals surface area contributed by atoms with E-state index in [0.29, 0.717) is 0 Å². The highest BCUT2D eigenvalue weighted by Gasteiger charge is 2.33. The molecule has 0 aliphatic heterocycles. The van der Waals surface area contributed by atoms with E-state index >= 15 is 0 Å². The van der Waals surface area contributed by atoms with Crippen LogP contribution in [0.1, 0.15) is 31.1 Å². The van der Waals surface area contributed by atoms with Gasteiger partial charge in [0.2, 0.25) is 5.91 Å². The van der Waals surface area contributed by atoms with Crippen molar-refractivity contribution in [1.29, 1.82) is 0 Å². The Balaban J connectivity index is 2.79. The molecule has 2 N–H and O–H groups in total. The maximum atomic E-state index is 12.6. The van der Waals surface area contributed by atoms with Gasteiger partial charge in [-0.3, -0.25) is 4.79 Å². The van der Waals surface area contributed by atoms with Gasteiger partial charge in [-0.25, -0.2) is 9.97 Å². The van der Waals surface area contributed by atoms with Gasteiger partial charge in [-0.15, -0.1) is 0 Å². The number of nitrogens with zero attached hydrogens (tertiary/aromatic N) is 2. The molecule has 1 amide bonds. The maximum Gasteiger partial charge on any atom is 0.433 e. The second kappa shape index (κ2) is 6.17. The van der Waals surface area contributed by atoms with E-state index in [9.17, 15) is 23.1 Å². The first-order valence-electron chi connectivity index (χ1n) is 5.98. The van der Waals surface area contributed by atoms with Gasteiger partial charge in [0.1, 0.15) is 17.6 Å². The molecule has 0 fully saturated rings. The molecule has 1 atom stereocenters. The van der Waals surface area contributed by atoms with Crippen molar-refractivity contribution in [3.63, 3.8) is 0 Å². The molecule has 0 unspecified atom stereocenters. The number of amides is 1. The first-order chi connectivity index (χ1) is 9.11. The van der Waals surface area contributed by atoms with E-state index in [1.54, 1.807) is 13.8 Å². The van der Waals surface area contributed by atoms with Crippen molar-refractivity contribution in [2.24, 2.45) is 5.92 Å². The van der Waals surface area contributed by atoms with E-state index in [1.807, 2.05) is 0 Å². The molecule has 20 heavy (non-hydrogen) atoms. The molecule has 0 saturated carbocycles. The molecule has 0 spiro atoms. The van der Waals surface area contributed by atoms with E-state index in [1.165, 1.54) is 6.92 Å². The van der Waals surface area contributed by atoms with Gasteiger partial charge in [0, 0.05) is 5.69 Å². The van der Waals surface area contributed by atoms with Crippen LogP contribution in [0.15, 0.2) is 6.07 Å². The zero-order valence-corrected chi connectivity index (χ0v) is 11.3. The van der Waals surface area contributed by atoms with Crippen molar-refractivity contribution in [2.75, 3.05) is 0 Å². The summed E-state index contributed by atoms with van der Waals surface area (Å²) in [5.74, 6) is -1.11. The van der Waals surface area contributed by atoms with Crippen LogP contribution in [0.3, 0.4) is 0 Å². The van der Waals surface area contributed by atoms with E-state index in [-0.39, 0.29) is 24.0 Å². The molecule has 1 rings (SSSR count). The monoisotopic (exact) mass is 291 g/mol. The van der Waals surface area contributed by atoms with Crippen molar-refractivity contribution < 1.29 is 23.1 Å². The van der Waals surface area contributed by atoms with Gasteiger partial charge in [-0.2, -0.15) is 13.2 Å². The first kappa shape index (κ1) is 16.4. The van der Waals surface area contributed by atoms with E-state index in [4.69, 9.17) is 0 Å². The molecule has 0 saturated heterocycles. The Bertz CT molecular complexity index is 489. The number of rotatable bonds is 4. The third kappa shape index (κ3) is 4.44. The molecule has 0 radical (unpaired) electrons. The number of aliphatic hydroxyl groups is 1. The number of alkyl halides is 3. The number of aromatic nitrogens is 2. The summed E-state index contributed by atoms with van der Waals surface area (Å²) in [6, 6.07) is 0.828. The van der Waals surface area contributed by atoms with Gasteiger partial charge in [0.05, 0.1) is 6.54 Å². The fourth-order valence-electron chi connectivity index (χ4n) is 1.43. The summed E-state index contributed by atoms with van der Waals surface area (Å²) in [7, 11) is 0. The summed E-state index contributed by atoms with van der Waals surface area (Å²) in [5, 5.41) is 11.8. The maximum absolute atomic E-state index is 12.6. The Morgan fingerprint density at radius 2 is 2.00 bits per heavy atom. The molecule has 1 aromatic heterocycles. The van der Waals surface area contributed by atoms with Crippen LogP contribution in [-0.2, 0) is 17.5 Å². The number of nitrogens with one attached hydrogen (secondary N) is 1. The van der Waals surface area contributed by atoms with Crippen molar-refractivity contribution in [3.8, 4) is 0 Å². The second-order valence-electron chi connectivity index (χ2n) is 4.72. The lowest BCUT2D eigenvalue weighted by atomic mass is 10.1. The molecule has 0 aliphatic carbocycles. The quantitative estimate of drug-likeness (QED) is 0.880. The van der Waals surface area contributed by atoms with Crippen molar-refractivity contribution in [3.05, 3.63) is 23.3 Å². The highest BCUT2D eigenvalue weighted by atomic mass is 19.4. The average molecular weight is 291 g/mol. The average Bonchev–Trinajstić information content (AvgIpc) is 2.33. The topological polar surface area (TPSA) is 75.1 Å². The van der Waals surface area contributed by atoms with Crippen LogP contribution < -0.4 is 5.32 Å². The van der Waals surface area contributed by atoms with Crippen LogP contribution in [0.4, 0.5) is 13.2 Å². The first-order valence-corrected chi connectivity index (χ1v) is 5.98. The second-order valence-corrected chi connectivity index (χ2v) is 4.72. The van der Waals surface area contributed by atoms with E-state index in [2.05, 4.69) is 15.3 Å². The molecule has 8 heteroatoms. The Morgan fingerprint density at radius 3 is 2.50 bits per heavy atom. The number of carbonyl (C=O) groups excluding carboxylic acids is 1. The van der Waals surface area contributed by atoms with Crippen molar-refractivity contribution in [2.45, 2.75) is 39.6 Å². The minimum absolute atomic E-state index is 0.151. The van der Waals surface area contributed by atoms with Crippen LogP contribution in [0.2, 0.25) is 0 Å². The Kier molecular flexibility index (Phi) is 5.04. The molecule has 0 bridgehead atoms. The molecule has 0 aliphatic rings. The largest absolute Gasteiger partial charge is 0.433 e. The number of aliphatic hydroxyl groups excluding tert-OH is 1. The van der Waals surface area contributed by atoms with Gasteiger partial charge in [-0.05, 0) is 18.9 Å². The molecule has 1 aromatic rings. The van der Waals surface area contributed by atoms with Crippen molar-refractivity contribution in [1.82, 2.24) is 15.3 Å². The lowest BCUT2D eigenvalue weighted by molar-refractivity contribution is -0.141. The lowest BCUT2D eigenvalue weighted by Crippen LogP contribution is -2.37. The van der Waals surface area contributed by atoms with Crippen molar-refractivity contribution >= 4 is 5.91 Å². The summed E-state index contributed by atoms with van der Waals surface area (Å²) >= 11 is 0. The van der Waals surface area contributed by atoms with Crippen LogP contribution in [0.25, 0.3) is 0 Å². The van der Waals surface area contributed by atoms with E-state index < -0.39 is 23.9 Å². The highest BCUT2D eigenvalue weighted by molar-refractivity contribution is 5.80. The van der Waals surface area contributed by atoms with Gasteiger partial charge >= 0.3 is 6.18 Å². The Morgan fingerprint density at radius 1 is 1.40 bits per heavy atom. The SMILES string of the molecule is Cc1cc(C(F)(F)F)nc(CNC(=O)[C@@H](O)C(C)C)n1. The van der Waals surface area contributed by atoms with Crippen LogP contribution in [0, 0.1) is 12.8 Å². The molecular weight excluding hydrogens is 275 g/mol. The number of halogens is 3. The molecular formula is C12H16F3N3O2. The Hall–Kier alpha value is -1.70. The number of hydrogen-bond donors (Lipinski definition) is 2. The minimum Gasteiger partial charge on any atom is -0.383 e. The number of hydrogen-bond acceptors (Lipinski definition) is 4. The van der Waals surface area contributed by atoms with Crippen LogP contribution >= 0.6 is 0 Å². The fraction of sp³-hybridized carbons (Fsp3) is 0.583. The van der Waals surface area contributed by atoms with Gasteiger partial charge in [0.25, 0.3) is 0 Å². The summed E-state index contributed by atoms with van der Waals surface area (Å²) in [4.78, 5) is 18.7. The third-order valence-electron chi connectivity index (χ3n) is 2.51. The van der Waals surface area contributed by atoms with Crippen LogP contribution in [0.5, 0.6) is 0 Å². The minimum atomic E-state index is -4.57. The molecule has 112 valence electrons. The summed E-state index contributed by atoms with van der Waals surface area (Å²) < 4.78 is 37.7. The molecule has 5 nitrogen and oxygen atoms in total. The molecule has 1 heterocycles. The third-order valence-corrected chi connectivity index (χ3v) is 2.51. The lowest BCUT2D eigenvalue weighted by Gasteiger charge is -2.14. The highest BCUT2D eigenvalue weighted by Crippen LogP contribution is 2.27. The summed E-state index contributed by atoms with van der Waals surface area (Å²) in [5.41, 5.74) is -0.903. The smallest absolute Gasteiger partial charge is 0.383 e. The Labute approximate surface area is 114 Å². The zero-order chi connectivity index (χ0) is 15.5. The number of carbonyl (C=O) groups is 1.